The first-order valence-corrected chi connectivity index (χ1v) is 9.90. The molecular formula is C21H22ClN5O2. The van der Waals surface area contributed by atoms with Gasteiger partial charge in [-0.05, 0) is 26.0 Å². The van der Waals surface area contributed by atoms with Gasteiger partial charge in [0.25, 0.3) is 5.91 Å². The normalized spacial score (nSPS) is 14.5. The highest BCUT2D eigenvalue weighted by atomic mass is 35.5. The third-order valence-corrected chi connectivity index (χ3v) is 5.72. The molecule has 2 amide bonds. The second-order valence-corrected chi connectivity index (χ2v) is 7.69. The Kier molecular flexibility index (Phi) is 5.00. The molecule has 150 valence electrons. The molecule has 0 bridgehead atoms. The van der Waals surface area contributed by atoms with E-state index < -0.39 is 0 Å². The highest BCUT2D eigenvalue weighted by Crippen LogP contribution is 2.30. The van der Waals surface area contributed by atoms with Crippen molar-refractivity contribution in [1.29, 1.82) is 0 Å². The van der Waals surface area contributed by atoms with Crippen LogP contribution in [0.4, 0.5) is 0 Å². The van der Waals surface area contributed by atoms with Gasteiger partial charge in [0.05, 0.1) is 27.4 Å². The monoisotopic (exact) mass is 411 g/mol. The van der Waals surface area contributed by atoms with Crippen molar-refractivity contribution < 1.29 is 9.59 Å². The second kappa shape index (κ2) is 7.48. The first-order valence-electron chi connectivity index (χ1n) is 9.52. The Bertz CT molecular complexity index is 1100. The minimum atomic E-state index is -0.171. The number of benzene rings is 1. The topological polar surface area (TPSA) is 71.3 Å². The molecule has 3 aromatic rings. The Labute approximate surface area is 173 Å². The third-order valence-electron chi connectivity index (χ3n) is 5.33. The van der Waals surface area contributed by atoms with Gasteiger partial charge in [-0.25, -0.2) is 9.67 Å². The Morgan fingerprint density at radius 1 is 1.00 bits per heavy atom. The number of hydrogen-bond acceptors (Lipinski definition) is 4. The molecule has 8 heteroatoms. The van der Waals surface area contributed by atoms with Crippen LogP contribution in [0, 0.1) is 13.8 Å². The number of carbonyl (C=O) groups excluding carboxylic acids is 2. The van der Waals surface area contributed by atoms with Gasteiger partial charge in [0.2, 0.25) is 5.91 Å². The van der Waals surface area contributed by atoms with E-state index in [1.807, 2.05) is 38.1 Å². The SMILES string of the molecule is CC(=O)N1CCN(C(=O)c2cnc3c(c(C)nn3-c3ccc(C)cc3)c2Cl)CC1. The van der Waals surface area contributed by atoms with Crippen molar-refractivity contribution in [2.75, 3.05) is 26.2 Å². The summed E-state index contributed by atoms with van der Waals surface area (Å²) in [6.45, 7) is 7.45. The highest BCUT2D eigenvalue weighted by molar-refractivity contribution is 6.38. The van der Waals surface area contributed by atoms with Crippen molar-refractivity contribution in [2.45, 2.75) is 20.8 Å². The van der Waals surface area contributed by atoms with Crippen LogP contribution >= 0.6 is 11.6 Å². The Hall–Kier alpha value is -2.93. The molecule has 2 aromatic heterocycles. The van der Waals surface area contributed by atoms with E-state index >= 15 is 0 Å². The van der Waals surface area contributed by atoms with Crippen LogP contribution in [0.25, 0.3) is 16.7 Å². The fourth-order valence-electron chi connectivity index (χ4n) is 3.62. The van der Waals surface area contributed by atoms with E-state index in [-0.39, 0.29) is 11.8 Å². The van der Waals surface area contributed by atoms with Crippen LogP contribution < -0.4 is 0 Å². The largest absolute Gasteiger partial charge is 0.339 e. The maximum Gasteiger partial charge on any atom is 0.257 e. The van der Waals surface area contributed by atoms with Gasteiger partial charge in [-0.3, -0.25) is 9.59 Å². The molecule has 29 heavy (non-hydrogen) atoms. The lowest BCUT2D eigenvalue weighted by molar-refractivity contribution is -0.130. The number of nitrogens with zero attached hydrogens (tertiary/aromatic N) is 5. The first kappa shape index (κ1) is 19.4. The van der Waals surface area contributed by atoms with Crippen LogP contribution in [0.15, 0.2) is 30.5 Å². The lowest BCUT2D eigenvalue weighted by Gasteiger charge is -2.34. The molecule has 0 spiro atoms. The van der Waals surface area contributed by atoms with Gasteiger partial charge in [0, 0.05) is 39.3 Å². The second-order valence-electron chi connectivity index (χ2n) is 7.32. The van der Waals surface area contributed by atoms with Crippen LogP contribution in [0.1, 0.15) is 28.5 Å². The van der Waals surface area contributed by atoms with E-state index in [1.165, 1.54) is 6.20 Å². The number of amides is 2. The average molecular weight is 412 g/mol. The molecule has 0 atom stereocenters. The van der Waals surface area contributed by atoms with Crippen LogP contribution in [0.5, 0.6) is 0 Å². The van der Waals surface area contributed by atoms with E-state index in [2.05, 4.69) is 10.1 Å². The summed E-state index contributed by atoms with van der Waals surface area (Å²) >= 11 is 6.66. The van der Waals surface area contributed by atoms with E-state index in [9.17, 15) is 9.59 Å². The maximum atomic E-state index is 13.0. The Morgan fingerprint density at radius 2 is 1.62 bits per heavy atom. The van der Waals surface area contributed by atoms with Gasteiger partial charge in [-0.2, -0.15) is 5.10 Å². The molecule has 3 heterocycles. The van der Waals surface area contributed by atoms with E-state index in [4.69, 9.17) is 11.6 Å². The van der Waals surface area contributed by atoms with Gasteiger partial charge < -0.3 is 9.80 Å². The highest BCUT2D eigenvalue weighted by Gasteiger charge is 2.27. The zero-order valence-corrected chi connectivity index (χ0v) is 17.4. The van der Waals surface area contributed by atoms with Gasteiger partial charge in [0.1, 0.15) is 0 Å². The molecule has 0 saturated carbocycles. The summed E-state index contributed by atoms with van der Waals surface area (Å²) in [4.78, 5) is 32.5. The molecule has 0 radical (unpaired) electrons. The molecule has 1 saturated heterocycles. The van der Waals surface area contributed by atoms with Crippen molar-refractivity contribution in [3.63, 3.8) is 0 Å². The summed E-state index contributed by atoms with van der Waals surface area (Å²) < 4.78 is 1.75. The van der Waals surface area contributed by atoms with Crippen molar-refractivity contribution >= 4 is 34.4 Å². The number of aromatic nitrogens is 3. The molecule has 1 fully saturated rings. The predicted octanol–water partition coefficient (Wildman–Crippen LogP) is 3.00. The zero-order chi connectivity index (χ0) is 20.7. The quantitative estimate of drug-likeness (QED) is 0.650. The summed E-state index contributed by atoms with van der Waals surface area (Å²) in [5.41, 5.74) is 3.74. The molecule has 4 rings (SSSR count). The number of halogens is 1. The fraction of sp³-hybridized carbons (Fsp3) is 0.333. The van der Waals surface area contributed by atoms with Crippen LogP contribution in [0.2, 0.25) is 5.02 Å². The van der Waals surface area contributed by atoms with Crippen LogP contribution in [-0.2, 0) is 4.79 Å². The Morgan fingerprint density at radius 3 is 2.24 bits per heavy atom. The zero-order valence-electron chi connectivity index (χ0n) is 16.6. The van der Waals surface area contributed by atoms with Crippen molar-refractivity contribution in [1.82, 2.24) is 24.6 Å². The molecule has 0 aliphatic carbocycles. The van der Waals surface area contributed by atoms with Gasteiger partial charge >= 0.3 is 0 Å². The van der Waals surface area contributed by atoms with Crippen LogP contribution in [-0.4, -0.2) is 62.6 Å². The summed E-state index contributed by atoms with van der Waals surface area (Å²) in [6, 6.07) is 7.98. The minimum Gasteiger partial charge on any atom is -0.339 e. The number of piperazine rings is 1. The first-order chi connectivity index (χ1) is 13.9. The molecule has 7 nitrogen and oxygen atoms in total. The molecule has 1 aliphatic rings. The lowest BCUT2D eigenvalue weighted by Crippen LogP contribution is -2.50. The molecular weight excluding hydrogens is 390 g/mol. The smallest absolute Gasteiger partial charge is 0.257 e. The number of aryl methyl sites for hydroxylation is 2. The summed E-state index contributed by atoms with van der Waals surface area (Å²) in [7, 11) is 0. The third kappa shape index (κ3) is 3.46. The average Bonchev–Trinajstić information content (AvgIpc) is 3.06. The molecule has 1 aliphatic heterocycles. The number of hydrogen-bond donors (Lipinski definition) is 0. The van der Waals surface area contributed by atoms with E-state index in [0.29, 0.717) is 53.5 Å². The number of pyridine rings is 1. The summed E-state index contributed by atoms with van der Waals surface area (Å²) in [6.07, 6.45) is 1.52. The maximum absolute atomic E-state index is 13.0. The van der Waals surface area contributed by atoms with E-state index in [0.717, 1.165) is 11.3 Å². The number of carbonyl (C=O) groups is 2. The molecule has 1 aromatic carbocycles. The summed E-state index contributed by atoms with van der Waals surface area (Å²) in [5.74, 6) is -0.146. The lowest BCUT2D eigenvalue weighted by atomic mass is 10.1. The molecule has 0 unspecified atom stereocenters. The molecule has 0 N–H and O–H groups in total. The van der Waals surface area contributed by atoms with Crippen molar-refractivity contribution in [3.8, 4) is 5.69 Å². The fourth-order valence-corrected chi connectivity index (χ4v) is 3.97. The predicted molar refractivity (Wildman–Crippen MR) is 112 cm³/mol. The standard InChI is InChI=1S/C21H22ClN5O2/c1-13-4-6-16(7-5-13)27-20-18(14(2)24-27)19(22)17(12-23-20)21(29)26-10-8-25(9-11-26)15(3)28/h4-7,12H,8-11H2,1-3H3. The number of rotatable bonds is 2. The van der Waals surface area contributed by atoms with Crippen molar-refractivity contribution in [2.24, 2.45) is 0 Å². The summed E-state index contributed by atoms with van der Waals surface area (Å²) in [5, 5.41) is 5.64. The number of fused-ring (bicyclic) bond motifs is 1. The van der Waals surface area contributed by atoms with E-state index in [1.54, 1.807) is 21.4 Å². The van der Waals surface area contributed by atoms with Crippen LogP contribution in [0.3, 0.4) is 0 Å². The van der Waals surface area contributed by atoms with Gasteiger partial charge in [0.15, 0.2) is 5.65 Å². The minimum absolute atomic E-state index is 0.0253. The van der Waals surface area contributed by atoms with Crippen molar-refractivity contribution in [3.05, 3.63) is 52.3 Å². The Balaban J connectivity index is 1.68. The van der Waals surface area contributed by atoms with Gasteiger partial charge in [-0.1, -0.05) is 29.3 Å². The van der Waals surface area contributed by atoms with Gasteiger partial charge in [-0.15, -0.1) is 0 Å².